The number of carboxylic acid groups (broad SMARTS) is 1. The van der Waals surface area contributed by atoms with Crippen molar-refractivity contribution in [3.8, 4) is 11.6 Å². The summed E-state index contributed by atoms with van der Waals surface area (Å²) < 4.78 is 5.39. The number of hydrogen-bond donors (Lipinski definition) is 1. The van der Waals surface area contributed by atoms with E-state index >= 15 is 0 Å². The normalized spacial score (nSPS) is 10.1. The number of rotatable bonds is 3. The van der Waals surface area contributed by atoms with Gasteiger partial charge in [0.25, 0.3) is 0 Å². The van der Waals surface area contributed by atoms with Crippen molar-refractivity contribution in [2.75, 3.05) is 0 Å². The van der Waals surface area contributed by atoms with Crippen molar-refractivity contribution in [3.05, 3.63) is 52.1 Å². The molecule has 0 radical (unpaired) electrons. The zero-order chi connectivity index (χ0) is 13.1. The fourth-order valence-corrected chi connectivity index (χ4v) is 1.57. The average molecular weight is 284 g/mol. The topological polar surface area (TPSA) is 59.4 Å². The quantitative estimate of drug-likeness (QED) is 0.929. The summed E-state index contributed by atoms with van der Waals surface area (Å²) in [5, 5.41) is 9.55. The summed E-state index contributed by atoms with van der Waals surface area (Å²) in [6, 6.07) is 7.88. The molecule has 0 bridgehead atoms. The molecule has 0 saturated carbocycles. The lowest BCUT2D eigenvalue weighted by Gasteiger charge is -2.06. The first-order chi connectivity index (χ1) is 8.56. The van der Waals surface area contributed by atoms with E-state index in [1.54, 1.807) is 24.3 Å². The van der Waals surface area contributed by atoms with E-state index in [0.717, 1.165) is 0 Å². The van der Waals surface area contributed by atoms with E-state index in [1.165, 1.54) is 12.3 Å². The van der Waals surface area contributed by atoms with Crippen LogP contribution in [0, 0.1) is 0 Å². The first-order valence-electron chi connectivity index (χ1n) is 4.88. The van der Waals surface area contributed by atoms with Crippen LogP contribution in [0.25, 0.3) is 0 Å². The number of hydrogen-bond acceptors (Lipinski definition) is 3. The van der Waals surface area contributed by atoms with E-state index in [-0.39, 0.29) is 16.5 Å². The van der Waals surface area contributed by atoms with Crippen molar-refractivity contribution in [3.63, 3.8) is 0 Å². The third-order valence-electron chi connectivity index (χ3n) is 2.10. The molecule has 0 saturated heterocycles. The van der Waals surface area contributed by atoms with E-state index in [4.69, 9.17) is 33.0 Å². The van der Waals surface area contributed by atoms with Crippen molar-refractivity contribution in [1.29, 1.82) is 0 Å². The van der Waals surface area contributed by atoms with Crippen molar-refractivity contribution < 1.29 is 14.6 Å². The molecule has 18 heavy (non-hydrogen) atoms. The van der Waals surface area contributed by atoms with Gasteiger partial charge in [-0.1, -0.05) is 23.2 Å². The van der Waals surface area contributed by atoms with Crippen LogP contribution >= 0.6 is 23.2 Å². The summed E-state index contributed by atoms with van der Waals surface area (Å²) in [6.07, 6.45) is 1.23. The second-order valence-corrected chi connectivity index (χ2v) is 4.21. The van der Waals surface area contributed by atoms with E-state index in [0.29, 0.717) is 10.8 Å². The lowest BCUT2D eigenvalue weighted by Crippen LogP contribution is -1.99. The SMILES string of the molecule is O=C(O)c1cc(Oc2ccc(Cl)cc2)ncc1Cl. The molecule has 0 fully saturated rings. The number of ether oxygens (including phenoxy) is 1. The molecule has 1 heterocycles. The van der Waals surface area contributed by atoms with Gasteiger partial charge in [0.15, 0.2) is 0 Å². The molecule has 1 N–H and O–H groups in total. The van der Waals surface area contributed by atoms with E-state index in [9.17, 15) is 4.79 Å². The highest BCUT2D eigenvalue weighted by Crippen LogP contribution is 2.24. The van der Waals surface area contributed by atoms with Gasteiger partial charge in [-0.25, -0.2) is 9.78 Å². The number of aromatic carboxylic acids is 1. The van der Waals surface area contributed by atoms with Gasteiger partial charge in [0.1, 0.15) is 5.75 Å². The van der Waals surface area contributed by atoms with Crippen LogP contribution < -0.4 is 4.74 Å². The zero-order valence-electron chi connectivity index (χ0n) is 8.93. The largest absolute Gasteiger partial charge is 0.478 e. The Bertz CT molecular complexity index is 584. The summed E-state index contributed by atoms with van der Waals surface area (Å²) in [6.45, 7) is 0. The van der Waals surface area contributed by atoms with Crippen LogP contribution in [0.3, 0.4) is 0 Å². The van der Waals surface area contributed by atoms with Crippen LogP contribution in [0.5, 0.6) is 11.6 Å². The summed E-state index contributed by atoms with van der Waals surface area (Å²) in [5.74, 6) is -0.479. The molecule has 0 unspecified atom stereocenters. The summed E-state index contributed by atoms with van der Waals surface area (Å²) >= 11 is 11.4. The number of carbonyl (C=O) groups is 1. The van der Waals surface area contributed by atoms with Crippen LogP contribution in [0.4, 0.5) is 0 Å². The lowest BCUT2D eigenvalue weighted by molar-refractivity contribution is 0.0696. The summed E-state index contributed by atoms with van der Waals surface area (Å²) in [4.78, 5) is 14.8. The van der Waals surface area contributed by atoms with Crippen LogP contribution in [0.1, 0.15) is 10.4 Å². The Kier molecular flexibility index (Phi) is 3.69. The van der Waals surface area contributed by atoms with Gasteiger partial charge in [-0.05, 0) is 24.3 Å². The summed E-state index contributed by atoms with van der Waals surface area (Å²) in [5.41, 5.74) is -0.0596. The maximum Gasteiger partial charge on any atom is 0.337 e. The second kappa shape index (κ2) is 5.25. The molecule has 92 valence electrons. The zero-order valence-corrected chi connectivity index (χ0v) is 10.4. The standard InChI is InChI=1S/C12H7Cl2NO3/c13-7-1-3-8(4-2-7)18-11-5-9(12(16)17)10(14)6-15-11/h1-6H,(H,16,17). The molecule has 1 aromatic heterocycles. The maximum atomic E-state index is 10.9. The Morgan fingerprint density at radius 2 is 1.89 bits per heavy atom. The second-order valence-electron chi connectivity index (χ2n) is 3.36. The highest BCUT2D eigenvalue weighted by molar-refractivity contribution is 6.33. The third kappa shape index (κ3) is 2.91. The Morgan fingerprint density at radius 3 is 2.50 bits per heavy atom. The fourth-order valence-electron chi connectivity index (χ4n) is 1.26. The predicted octanol–water partition coefficient (Wildman–Crippen LogP) is 3.88. The molecular formula is C12H7Cl2NO3. The van der Waals surface area contributed by atoms with Gasteiger partial charge in [-0.15, -0.1) is 0 Å². The molecule has 6 heteroatoms. The Hall–Kier alpha value is -1.78. The van der Waals surface area contributed by atoms with Gasteiger partial charge in [-0.2, -0.15) is 0 Å². The first kappa shape index (κ1) is 12.7. The molecule has 0 aliphatic heterocycles. The van der Waals surface area contributed by atoms with Crippen LogP contribution in [-0.2, 0) is 0 Å². The fraction of sp³-hybridized carbons (Fsp3) is 0. The minimum absolute atomic E-state index is 0.0596. The van der Waals surface area contributed by atoms with Gasteiger partial charge in [0.2, 0.25) is 5.88 Å². The van der Waals surface area contributed by atoms with Gasteiger partial charge >= 0.3 is 5.97 Å². The molecule has 2 rings (SSSR count). The van der Waals surface area contributed by atoms with Crippen molar-refractivity contribution in [1.82, 2.24) is 4.98 Å². The highest BCUT2D eigenvalue weighted by atomic mass is 35.5. The van der Waals surface area contributed by atoms with E-state index in [2.05, 4.69) is 4.98 Å². The van der Waals surface area contributed by atoms with Crippen molar-refractivity contribution in [2.24, 2.45) is 0 Å². The van der Waals surface area contributed by atoms with Crippen LogP contribution in [0.2, 0.25) is 10.0 Å². The molecule has 2 aromatic rings. The van der Waals surface area contributed by atoms with E-state index < -0.39 is 5.97 Å². The highest BCUT2D eigenvalue weighted by Gasteiger charge is 2.11. The molecule has 0 aliphatic rings. The maximum absolute atomic E-state index is 10.9. The predicted molar refractivity (Wildman–Crippen MR) is 67.7 cm³/mol. The Balaban J connectivity index is 2.27. The lowest BCUT2D eigenvalue weighted by atomic mass is 10.2. The minimum atomic E-state index is -1.14. The summed E-state index contributed by atoms with van der Waals surface area (Å²) in [7, 11) is 0. The number of aromatic nitrogens is 1. The van der Waals surface area contributed by atoms with Crippen molar-refractivity contribution in [2.45, 2.75) is 0 Å². The number of carboxylic acids is 1. The molecule has 0 spiro atoms. The number of nitrogens with zero attached hydrogens (tertiary/aromatic N) is 1. The number of benzene rings is 1. The molecule has 4 nitrogen and oxygen atoms in total. The Labute approximate surface area is 113 Å². The average Bonchev–Trinajstić information content (AvgIpc) is 2.34. The van der Waals surface area contributed by atoms with Gasteiger partial charge < -0.3 is 9.84 Å². The van der Waals surface area contributed by atoms with Gasteiger partial charge in [0.05, 0.1) is 16.8 Å². The number of halogens is 2. The number of pyridine rings is 1. The molecule has 0 aliphatic carbocycles. The first-order valence-corrected chi connectivity index (χ1v) is 5.64. The minimum Gasteiger partial charge on any atom is -0.478 e. The van der Waals surface area contributed by atoms with Gasteiger partial charge in [-0.3, -0.25) is 0 Å². The smallest absolute Gasteiger partial charge is 0.337 e. The molecule has 0 amide bonds. The van der Waals surface area contributed by atoms with Gasteiger partial charge in [0, 0.05) is 11.1 Å². The molecule has 0 atom stereocenters. The van der Waals surface area contributed by atoms with Crippen molar-refractivity contribution >= 4 is 29.2 Å². The Morgan fingerprint density at radius 1 is 1.22 bits per heavy atom. The third-order valence-corrected chi connectivity index (χ3v) is 2.65. The monoisotopic (exact) mass is 283 g/mol. The van der Waals surface area contributed by atoms with E-state index in [1.807, 2.05) is 0 Å². The molecular weight excluding hydrogens is 277 g/mol. The molecule has 1 aromatic carbocycles. The van der Waals surface area contributed by atoms with Crippen LogP contribution in [0.15, 0.2) is 36.5 Å². The van der Waals surface area contributed by atoms with Crippen LogP contribution in [-0.4, -0.2) is 16.1 Å².